The van der Waals surface area contributed by atoms with Crippen LogP contribution in [-0.4, -0.2) is 25.3 Å². The van der Waals surface area contributed by atoms with Crippen molar-refractivity contribution in [2.45, 2.75) is 25.9 Å². The Morgan fingerprint density at radius 2 is 1.39 bits per heavy atom. The third-order valence-corrected chi connectivity index (χ3v) is 3.38. The van der Waals surface area contributed by atoms with Gasteiger partial charge in [0.2, 0.25) is 0 Å². The standard InChI is InChI=1S/C19H20O4/c1-2-3-19(23-18-10-6-16(13-21)7-11-18)14-22-17-8-4-15(12-20)5-9-17/h4-13,19H,2-3,14H2,1H3. The Hall–Kier alpha value is -2.62. The van der Waals surface area contributed by atoms with Crippen molar-refractivity contribution in [3.8, 4) is 11.5 Å². The van der Waals surface area contributed by atoms with Crippen LogP contribution in [0.4, 0.5) is 0 Å². The van der Waals surface area contributed by atoms with Gasteiger partial charge in [0.15, 0.2) is 0 Å². The maximum atomic E-state index is 10.7. The van der Waals surface area contributed by atoms with E-state index in [1.807, 2.05) is 0 Å². The first-order chi connectivity index (χ1) is 11.2. The first-order valence-corrected chi connectivity index (χ1v) is 7.65. The molecule has 0 heterocycles. The predicted octanol–water partition coefficient (Wildman–Crippen LogP) is 3.94. The van der Waals surface area contributed by atoms with Gasteiger partial charge in [0.25, 0.3) is 0 Å². The minimum atomic E-state index is -0.0761. The smallest absolute Gasteiger partial charge is 0.150 e. The highest BCUT2D eigenvalue weighted by atomic mass is 16.5. The Balaban J connectivity index is 1.93. The van der Waals surface area contributed by atoms with E-state index in [1.54, 1.807) is 48.5 Å². The van der Waals surface area contributed by atoms with Crippen LogP contribution in [0.15, 0.2) is 48.5 Å². The van der Waals surface area contributed by atoms with Crippen molar-refractivity contribution >= 4 is 12.6 Å². The maximum absolute atomic E-state index is 10.7. The van der Waals surface area contributed by atoms with Gasteiger partial charge in [-0.05, 0) is 55.0 Å². The molecule has 0 spiro atoms. The summed E-state index contributed by atoms with van der Waals surface area (Å²) >= 11 is 0. The van der Waals surface area contributed by atoms with E-state index in [-0.39, 0.29) is 6.10 Å². The molecule has 0 N–H and O–H groups in total. The average molecular weight is 312 g/mol. The van der Waals surface area contributed by atoms with Gasteiger partial charge in [-0.15, -0.1) is 0 Å². The van der Waals surface area contributed by atoms with Gasteiger partial charge >= 0.3 is 0 Å². The molecule has 0 radical (unpaired) electrons. The predicted molar refractivity (Wildman–Crippen MR) is 88.5 cm³/mol. The largest absolute Gasteiger partial charge is 0.490 e. The lowest BCUT2D eigenvalue weighted by molar-refractivity contribution is 0.111. The fourth-order valence-corrected chi connectivity index (χ4v) is 2.15. The lowest BCUT2D eigenvalue weighted by atomic mass is 10.2. The number of rotatable bonds is 9. The van der Waals surface area contributed by atoms with Gasteiger partial charge in [0.1, 0.15) is 36.8 Å². The van der Waals surface area contributed by atoms with E-state index in [1.165, 1.54) is 0 Å². The van der Waals surface area contributed by atoms with Gasteiger partial charge in [-0.2, -0.15) is 0 Å². The highest BCUT2D eigenvalue weighted by Gasteiger charge is 2.11. The van der Waals surface area contributed by atoms with E-state index < -0.39 is 0 Å². The summed E-state index contributed by atoms with van der Waals surface area (Å²) in [4.78, 5) is 21.3. The number of carbonyl (C=O) groups is 2. The summed E-state index contributed by atoms with van der Waals surface area (Å²) < 4.78 is 11.7. The summed E-state index contributed by atoms with van der Waals surface area (Å²) in [6, 6.07) is 14.0. The summed E-state index contributed by atoms with van der Waals surface area (Å²) in [6.07, 6.45) is 3.37. The monoisotopic (exact) mass is 312 g/mol. The third-order valence-electron chi connectivity index (χ3n) is 3.38. The van der Waals surface area contributed by atoms with Crippen LogP contribution in [0.3, 0.4) is 0 Å². The van der Waals surface area contributed by atoms with E-state index in [9.17, 15) is 9.59 Å². The molecule has 2 aromatic carbocycles. The molecule has 4 nitrogen and oxygen atoms in total. The highest BCUT2D eigenvalue weighted by molar-refractivity contribution is 5.75. The molecule has 23 heavy (non-hydrogen) atoms. The third kappa shape index (κ3) is 5.25. The Morgan fingerprint density at radius 1 is 0.870 bits per heavy atom. The minimum Gasteiger partial charge on any atom is -0.490 e. The van der Waals surface area contributed by atoms with Crippen LogP contribution < -0.4 is 9.47 Å². The van der Waals surface area contributed by atoms with Gasteiger partial charge in [-0.1, -0.05) is 13.3 Å². The SMILES string of the molecule is CCCC(COc1ccc(C=O)cc1)Oc1ccc(C=O)cc1. The molecule has 0 saturated heterocycles. The van der Waals surface area contributed by atoms with Crippen molar-refractivity contribution in [2.75, 3.05) is 6.61 Å². The molecule has 2 rings (SSSR count). The van der Waals surface area contributed by atoms with Gasteiger partial charge in [0, 0.05) is 11.1 Å². The van der Waals surface area contributed by atoms with Crippen LogP contribution in [0, 0.1) is 0 Å². The molecule has 0 fully saturated rings. The first-order valence-electron chi connectivity index (χ1n) is 7.65. The first kappa shape index (κ1) is 16.7. The van der Waals surface area contributed by atoms with Gasteiger partial charge in [-0.3, -0.25) is 9.59 Å². The summed E-state index contributed by atoms with van der Waals surface area (Å²) in [5.74, 6) is 1.42. The zero-order chi connectivity index (χ0) is 16.5. The number of hydrogen-bond donors (Lipinski definition) is 0. The fourth-order valence-electron chi connectivity index (χ4n) is 2.15. The van der Waals surface area contributed by atoms with Crippen molar-refractivity contribution < 1.29 is 19.1 Å². The Bertz CT molecular complexity index is 617. The Morgan fingerprint density at radius 3 is 1.87 bits per heavy atom. The maximum Gasteiger partial charge on any atom is 0.150 e. The summed E-state index contributed by atoms with van der Waals surface area (Å²) in [5, 5.41) is 0. The summed E-state index contributed by atoms with van der Waals surface area (Å²) in [5.41, 5.74) is 1.24. The molecule has 0 saturated carbocycles. The van der Waals surface area contributed by atoms with Crippen molar-refractivity contribution in [2.24, 2.45) is 0 Å². The van der Waals surface area contributed by atoms with Crippen LogP contribution in [0.25, 0.3) is 0 Å². The van der Waals surface area contributed by atoms with Gasteiger partial charge < -0.3 is 9.47 Å². The average Bonchev–Trinajstić information content (AvgIpc) is 2.61. The normalized spacial score (nSPS) is 11.5. The minimum absolute atomic E-state index is 0.0761. The topological polar surface area (TPSA) is 52.6 Å². The molecular formula is C19H20O4. The molecule has 0 aromatic heterocycles. The van der Waals surface area contributed by atoms with Crippen LogP contribution >= 0.6 is 0 Å². The number of ether oxygens (including phenoxy) is 2. The second-order valence-electron chi connectivity index (χ2n) is 5.21. The molecule has 0 aliphatic carbocycles. The van der Waals surface area contributed by atoms with Crippen LogP contribution in [0.1, 0.15) is 40.5 Å². The molecule has 1 atom stereocenters. The quantitative estimate of drug-likeness (QED) is 0.658. The number of aldehydes is 2. The number of benzene rings is 2. The van der Waals surface area contributed by atoms with E-state index in [0.29, 0.717) is 29.2 Å². The molecule has 0 amide bonds. The van der Waals surface area contributed by atoms with Crippen molar-refractivity contribution in [1.82, 2.24) is 0 Å². The summed E-state index contributed by atoms with van der Waals surface area (Å²) in [7, 11) is 0. The van der Waals surface area contributed by atoms with Crippen LogP contribution in [0.2, 0.25) is 0 Å². The second kappa shape index (κ2) is 8.73. The number of hydrogen-bond acceptors (Lipinski definition) is 4. The van der Waals surface area contributed by atoms with E-state index in [2.05, 4.69) is 6.92 Å². The molecule has 0 aliphatic rings. The second-order valence-corrected chi connectivity index (χ2v) is 5.21. The van der Waals surface area contributed by atoms with Crippen molar-refractivity contribution in [1.29, 1.82) is 0 Å². The van der Waals surface area contributed by atoms with E-state index >= 15 is 0 Å². The van der Waals surface area contributed by atoms with E-state index in [0.717, 1.165) is 25.4 Å². The van der Waals surface area contributed by atoms with Gasteiger partial charge in [-0.25, -0.2) is 0 Å². The molecule has 4 heteroatoms. The lowest BCUT2D eigenvalue weighted by Gasteiger charge is -2.19. The van der Waals surface area contributed by atoms with Crippen LogP contribution in [-0.2, 0) is 0 Å². The number of carbonyl (C=O) groups excluding carboxylic acids is 2. The molecule has 1 unspecified atom stereocenters. The van der Waals surface area contributed by atoms with E-state index in [4.69, 9.17) is 9.47 Å². The lowest BCUT2D eigenvalue weighted by Crippen LogP contribution is -2.24. The Labute approximate surface area is 136 Å². The molecule has 0 bridgehead atoms. The van der Waals surface area contributed by atoms with Gasteiger partial charge in [0.05, 0.1) is 0 Å². The molecule has 0 aliphatic heterocycles. The summed E-state index contributed by atoms with van der Waals surface area (Å²) in [6.45, 7) is 2.51. The zero-order valence-corrected chi connectivity index (χ0v) is 13.1. The molecule has 120 valence electrons. The Kier molecular flexibility index (Phi) is 6.36. The van der Waals surface area contributed by atoms with Crippen molar-refractivity contribution in [3.05, 3.63) is 59.7 Å². The van der Waals surface area contributed by atoms with Crippen molar-refractivity contribution in [3.63, 3.8) is 0 Å². The van der Waals surface area contributed by atoms with Crippen LogP contribution in [0.5, 0.6) is 11.5 Å². The molecular weight excluding hydrogens is 292 g/mol. The fraction of sp³-hybridized carbons (Fsp3) is 0.263. The molecule has 2 aromatic rings. The zero-order valence-electron chi connectivity index (χ0n) is 13.1. The highest BCUT2D eigenvalue weighted by Crippen LogP contribution is 2.17.